The van der Waals surface area contributed by atoms with Gasteiger partial charge >= 0.3 is 0 Å². The van der Waals surface area contributed by atoms with Gasteiger partial charge < -0.3 is 4.74 Å². The number of carbonyl (C=O) groups excluding carboxylic acids is 2. The number of nitrogens with one attached hydrogen (secondary N) is 1. The van der Waals surface area contributed by atoms with Crippen molar-refractivity contribution in [2.24, 2.45) is 0 Å². The fourth-order valence-electron chi connectivity index (χ4n) is 1.88. The Bertz CT molecular complexity index is 532. The highest BCUT2D eigenvalue weighted by molar-refractivity contribution is 6.16. The molecule has 0 unspecified atom stereocenters. The summed E-state index contributed by atoms with van der Waals surface area (Å²) in [5.41, 5.74) is 2.70. The second-order valence-corrected chi connectivity index (χ2v) is 4.88. The second-order valence-electron chi connectivity index (χ2n) is 4.88. The van der Waals surface area contributed by atoms with Gasteiger partial charge in [-0.05, 0) is 17.0 Å². The molecule has 4 heteroatoms. The lowest BCUT2D eigenvalue weighted by atomic mass is 10.0. The van der Waals surface area contributed by atoms with E-state index in [1.165, 1.54) is 11.6 Å². The molecule has 0 aromatic heterocycles. The maximum absolute atomic E-state index is 11.3. The summed E-state index contributed by atoms with van der Waals surface area (Å²) in [7, 11) is 0. The first-order valence-electron chi connectivity index (χ1n) is 6.28. The molecule has 0 radical (unpaired) electrons. The Hall–Kier alpha value is -1.94. The number of amides is 2. The van der Waals surface area contributed by atoms with Gasteiger partial charge in [0, 0.05) is 11.6 Å². The van der Waals surface area contributed by atoms with E-state index >= 15 is 0 Å². The molecule has 19 heavy (non-hydrogen) atoms. The van der Waals surface area contributed by atoms with Gasteiger partial charge in [0.1, 0.15) is 0 Å². The summed E-state index contributed by atoms with van der Waals surface area (Å²) >= 11 is 0. The summed E-state index contributed by atoms with van der Waals surface area (Å²) in [5.74, 6) is -0.257. The van der Waals surface area contributed by atoms with E-state index in [2.05, 4.69) is 31.3 Å². The third kappa shape index (κ3) is 3.51. The highest BCUT2D eigenvalue weighted by Gasteiger charge is 2.20. The zero-order valence-corrected chi connectivity index (χ0v) is 11.1. The minimum absolute atomic E-state index is 0.156. The van der Waals surface area contributed by atoms with Gasteiger partial charge in [-0.1, -0.05) is 38.1 Å². The summed E-state index contributed by atoms with van der Waals surface area (Å²) in [6.45, 7) is 4.86. The van der Waals surface area contributed by atoms with Crippen molar-refractivity contribution in [2.75, 3.05) is 6.61 Å². The van der Waals surface area contributed by atoms with E-state index < -0.39 is 0 Å². The minimum atomic E-state index is -0.370. The van der Waals surface area contributed by atoms with Crippen molar-refractivity contribution in [3.05, 3.63) is 47.0 Å². The van der Waals surface area contributed by atoms with Crippen LogP contribution >= 0.6 is 0 Å². The van der Waals surface area contributed by atoms with Crippen LogP contribution < -0.4 is 5.32 Å². The highest BCUT2D eigenvalue weighted by Crippen LogP contribution is 2.16. The fourth-order valence-corrected chi connectivity index (χ4v) is 1.88. The number of ether oxygens (including phenoxy) is 1. The normalized spacial score (nSPS) is 14.8. The van der Waals surface area contributed by atoms with Crippen LogP contribution in [0, 0.1) is 0 Å². The van der Waals surface area contributed by atoms with Crippen LogP contribution in [0.2, 0.25) is 0 Å². The zero-order valence-electron chi connectivity index (χ0n) is 11.1. The van der Waals surface area contributed by atoms with Gasteiger partial charge in [0.25, 0.3) is 11.8 Å². The molecule has 1 aliphatic rings. The molecular formula is C15H17NO3. The number of benzene rings is 1. The number of hydrogen-bond acceptors (Lipinski definition) is 3. The van der Waals surface area contributed by atoms with Crippen LogP contribution in [0.3, 0.4) is 0 Å². The van der Waals surface area contributed by atoms with E-state index in [1.54, 1.807) is 0 Å². The van der Waals surface area contributed by atoms with Crippen molar-refractivity contribution >= 4 is 11.8 Å². The third-order valence-corrected chi connectivity index (χ3v) is 2.98. The Balaban J connectivity index is 1.89. The number of rotatable bonds is 5. The highest BCUT2D eigenvalue weighted by atomic mass is 16.5. The molecule has 0 bridgehead atoms. The van der Waals surface area contributed by atoms with E-state index in [-0.39, 0.29) is 18.4 Å². The predicted octanol–water partition coefficient (Wildman–Crippen LogP) is 1.91. The first kappa shape index (κ1) is 13.5. The average Bonchev–Trinajstić information content (AvgIpc) is 2.68. The Labute approximate surface area is 112 Å². The molecule has 0 aliphatic carbocycles. The predicted molar refractivity (Wildman–Crippen MR) is 71.4 cm³/mol. The Morgan fingerprint density at radius 3 is 2.63 bits per heavy atom. The van der Waals surface area contributed by atoms with Gasteiger partial charge in [-0.3, -0.25) is 14.9 Å². The SMILES string of the molecule is CC(C)c1cccc(COCC2=CC(=O)NC2=O)c1. The van der Waals surface area contributed by atoms with Gasteiger partial charge in [-0.25, -0.2) is 0 Å². The molecule has 100 valence electrons. The maximum Gasteiger partial charge on any atom is 0.256 e. The molecular weight excluding hydrogens is 242 g/mol. The van der Waals surface area contributed by atoms with Crippen LogP contribution in [0.15, 0.2) is 35.9 Å². The monoisotopic (exact) mass is 259 g/mol. The summed E-state index contributed by atoms with van der Waals surface area (Å²) in [4.78, 5) is 22.2. The van der Waals surface area contributed by atoms with Crippen LogP contribution in [0.5, 0.6) is 0 Å². The molecule has 0 saturated carbocycles. The lowest BCUT2D eigenvalue weighted by molar-refractivity contribution is -0.124. The zero-order chi connectivity index (χ0) is 13.8. The number of hydrogen-bond donors (Lipinski definition) is 1. The van der Waals surface area contributed by atoms with E-state index in [0.717, 1.165) is 5.56 Å². The summed E-state index contributed by atoms with van der Waals surface area (Å²) < 4.78 is 5.48. The van der Waals surface area contributed by atoms with Crippen LogP contribution in [0.4, 0.5) is 0 Å². The van der Waals surface area contributed by atoms with Gasteiger partial charge in [-0.2, -0.15) is 0 Å². The first-order valence-corrected chi connectivity index (χ1v) is 6.28. The average molecular weight is 259 g/mol. The molecule has 1 heterocycles. The standard InChI is InChI=1S/C15H17NO3/c1-10(2)12-5-3-4-11(6-12)8-19-9-13-7-14(17)16-15(13)18/h3-7,10H,8-9H2,1-2H3,(H,16,17,18). The van der Waals surface area contributed by atoms with E-state index in [9.17, 15) is 9.59 Å². The van der Waals surface area contributed by atoms with Crippen molar-refractivity contribution in [1.29, 1.82) is 0 Å². The lowest BCUT2D eigenvalue weighted by Gasteiger charge is -2.08. The fraction of sp³-hybridized carbons (Fsp3) is 0.333. The van der Waals surface area contributed by atoms with Crippen molar-refractivity contribution in [1.82, 2.24) is 5.32 Å². The Morgan fingerprint density at radius 2 is 2.00 bits per heavy atom. The summed E-state index contributed by atoms with van der Waals surface area (Å²) in [6, 6.07) is 8.16. The van der Waals surface area contributed by atoms with Crippen LogP contribution in [0.25, 0.3) is 0 Å². The molecule has 2 amide bonds. The molecule has 0 saturated heterocycles. The van der Waals surface area contributed by atoms with E-state index in [1.807, 2.05) is 12.1 Å². The molecule has 1 aliphatic heterocycles. The van der Waals surface area contributed by atoms with Crippen molar-refractivity contribution in [3.8, 4) is 0 Å². The quantitative estimate of drug-likeness (QED) is 0.822. The van der Waals surface area contributed by atoms with Crippen molar-refractivity contribution in [3.63, 3.8) is 0 Å². The minimum Gasteiger partial charge on any atom is -0.372 e. The molecule has 0 fully saturated rings. The van der Waals surface area contributed by atoms with E-state index in [0.29, 0.717) is 18.1 Å². The maximum atomic E-state index is 11.3. The largest absolute Gasteiger partial charge is 0.372 e. The van der Waals surface area contributed by atoms with Gasteiger partial charge in [-0.15, -0.1) is 0 Å². The molecule has 0 spiro atoms. The first-order chi connectivity index (χ1) is 9.06. The van der Waals surface area contributed by atoms with Crippen LogP contribution in [-0.2, 0) is 20.9 Å². The summed E-state index contributed by atoms with van der Waals surface area (Å²) in [5, 5.41) is 2.19. The Kier molecular flexibility index (Phi) is 4.12. The lowest BCUT2D eigenvalue weighted by Crippen LogP contribution is -2.23. The Morgan fingerprint density at radius 1 is 1.21 bits per heavy atom. The van der Waals surface area contributed by atoms with E-state index in [4.69, 9.17) is 4.74 Å². The molecule has 1 aromatic rings. The molecule has 2 rings (SSSR count). The van der Waals surface area contributed by atoms with Crippen molar-refractivity contribution in [2.45, 2.75) is 26.4 Å². The van der Waals surface area contributed by atoms with Gasteiger partial charge in [0.15, 0.2) is 0 Å². The van der Waals surface area contributed by atoms with Gasteiger partial charge in [0.2, 0.25) is 0 Å². The topological polar surface area (TPSA) is 55.4 Å². The smallest absolute Gasteiger partial charge is 0.256 e. The van der Waals surface area contributed by atoms with Crippen LogP contribution in [0.1, 0.15) is 30.9 Å². The second kappa shape index (κ2) is 5.80. The third-order valence-electron chi connectivity index (χ3n) is 2.98. The molecule has 4 nitrogen and oxygen atoms in total. The van der Waals surface area contributed by atoms with Crippen LogP contribution in [-0.4, -0.2) is 18.4 Å². The van der Waals surface area contributed by atoms with Gasteiger partial charge in [0.05, 0.1) is 13.2 Å². The molecule has 0 atom stereocenters. The number of carbonyl (C=O) groups is 2. The van der Waals surface area contributed by atoms with Crippen molar-refractivity contribution < 1.29 is 14.3 Å². The molecule has 1 N–H and O–H groups in total. The number of imide groups is 1. The molecule has 1 aromatic carbocycles. The summed E-state index contributed by atoms with van der Waals surface area (Å²) in [6.07, 6.45) is 1.28.